The third kappa shape index (κ3) is 5.75. The van der Waals surface area contributed by atoms with Gasteiger partial charge in [-0.15, -0.1) is 0 Å². The molecule has 6 heteroatoms. The van der Waals surface area contributed by atoms with Gasteiger partial charge in [-0.1, -0.05) is 22.9 Å². The Bertz CT molecular complexity index is 717. The number of anilines is 1. The first-order chi connectivity index (χ1) is 12.0. The third-order valence-electron chi connectivity index (χ3n) is 3.41. The third-order valence-corrected chi connectivity index (χ3v) is 4.46. The fraction of sp³-hybridized carbons (Fsp3) is 0.316. The Kier molecular flexibility index (Phi) is 7.78. The van der Waals surface area contributed by atoms with Crippen LogP contribution in [-0.4, -0.2) is 19.2 Å². The van der Waals surface area contributed by atoms with Gasteiger partial charge in [-0.05, 0) is 65.7 Å². The molecular weight excluding hydrogens is 450 g/mol. The standard InChI is InChI=1S/C19H21Br2NO3/c1-3-9-25-18-14(10-15(20)11-17(18)21)12-22-16-7-5-13(6-8-16)19(23)24-4-2/h5-8,10-11,22H,3-4,9,12H2,1-2H3. The number of carbonyl (C=O) groups is 1. The quantitative estimate of drug-likeness (QED) is 0.496. The van der Waals surface area contributed by atoms with E-state index in [2.05, 4.69) is 44.1 Å². The average molecular weight is 471 g/mol. The Morgan fingerprint density at radius 3 is 2.48 bits per heavy atom. The molecule has 134 valence electrons. The van der Waals surface area contributed by atoms with Crippen LogP contribution in [-0.2, 0) is 11.3 Å². The van der Waals surface area contributed by atoms with Crippen molar-refractivity contribution in [3.8, 4) is 5.75 Å². The molecule has 2 rings (SSSR count). The van der Waals surface area contributed by atoms with E-state index >= 15 is 0 Å². The second-order valence-electron chi connectivity index (χ2n) is 5.38. The lowest BCUT2D eigenvalue weighted by Crippen LogP contribution is -2.06. The molecule has 0 spiro atoms. The molecule has 0 aliphatic carbocycles. The van der Waals surface area contributed by atoms with Crippen molar-refractivity contribution in [2.24, 2.45) is 0 Å². The highest BCUT2D eigenvalue weighted by Crippen LogP contribution is 2.33. The molecule has 0 aromatic heterocycles. The molecule has 0 atom stereocenters. The molecule has 0 saturated heterocycles. The van der Waals surface area contributed by atoms with Crippen molar-refractivity contribution >= 4 is 43.5 Å². The van der Waals surface area contributed by atoms with Gasteiger partial charge in [0.1, 0.15) is 5.75 Å². The smallest absolute Gasteiger partial charge is 0.338 e. The monoisotopic (exact) mass is 469 g/mol. The number of nitrogens with one attached hydrogen (secondary N) is 1. The number of rotatable bonds is 8. The second kappa shape index (κ2) is 9.82. The van der Waals surface area contributed by atoms with Gasteiger partial charge >= 0.3 is 5.97 Å². The van der Waals surface area contributed by atoms with Gasteiger partial charge in [0.2, 0.25) is 0 Å². The lowest BCUT2D eigenvalue weighted by atomic mass is 10.1. The number of hydrogen-bond donors (Lipinski definition) is 1. The minimum absolute atomic E-state index is 0.305. The van der Waals surface area contributed by atoms with Crippen molar-refractivity contribution in [1.29, 1.82) is 0 Å². The lowest BCUT2D eigenvalue weighted by molar-refractivity contribution is 0.0526. The first-order valence-corrected chi connectivity index (χ1v) is 9.75. The van der Waals surface area contributed by atoms with E-state index < -0.39 is 0 Å². The molecule has 4 nitrogen and oxygen atoms in total. The Labute approximate surface area is 165 Å². The van der Waals surface area contributed by atoms with Gasteiger partial charge in [0, 0.05) is 22.3 Å². The van der Waals surface area contributed by atoms with Crippen molar-refractivity contribution in [1.82, 2.24) is 0 Å². The number of halogens is 2. The van der Waals surface area contributed by atoms with Gasteiger partial charge in [0.15, 0.2) is 0 Å². The Morgan fingerprint density at radius 2 is 1.84 bits per heavy atom. The average Bonchev–Trinajstić information content (AvgIpc) is 2.59. The first kappa shape index (κ1) is 19.8. The van der Waals surface area contributed by atoms with Crippen molar-refractivity contribution in [2.75, 3.05) is 18.5 Å². The summed E-state index contributed by atoms with van der Waals surface area (Å²) in [7, 11) is 0. The highest BCUT2D eigenvalue weighted by molar-refractivity contribution is 9.11. The van der Waals surface area contributed by atoms with Gasteiger partial charge < -0.3 is 14.8 Å². The van der Waals surface area contributed by atoms with E-state index in [1.165, 1.54) is 0 Å². The molecule has 0 saturated carbocycles. The molecule has 0 unspecified atom stereocenters. The summed E-state index contributed by atoms with van der Waals surface area (Å²) >= 11 is 7.08. The first-order valence-electron chi connectivity index (χ1n) is 8.17. The van der Waals surface area contributed by atoms with Crippen LogP contribution in [0.4, 0.5) is 5.69 Å². The summed E-state index contributed by atoms with van der Waals surface area (Å²) in [6.07, 6.45) is 0.949. The normalized spacial score (nSPS) is 10.4. The van der Waals surface area contributed by atoms with Crippen molar-refractivity contribution in [3.05, 3.63) is 56.5 Å². The molecule has 2 aromatic carbocycles. The molecule has 25 heavy (non-hydrogen) atoms. The van der Waals surface area contributed by atoms with E-state index in [0.717, 1.165) is 32.4 Å². The van der Waals surface area contributed by atoms with Crippen molar-refractivity contribution < 1.29 is 14.3 Å². The molecule has 0 aliphatic heterocycles. The largest absolute Gasteiger partial charge is 0.492 e. The number of hydrogen-bond acceptors (Lipinski definition) is 4. The number of benzene rings is 2. The van der Waals surface area contributed by atoms with E-state index in [4.69, 9.17) is 9.47 Å². The predicted molar refractivity (Wildman–Crippen MR) is 107 cm³/mol. The number of carbonyl (C=O) groups excluding carboxylic acids is 1. The van der Waals surface area contributed by atoms with Crippen molar-refractivity contribution in [3.63, 3.8) is 0 Å². The zero-order chi connectivity index (χ0) is 18.2. The fourth-order valence-electron chi connectivity index (χ4n) is 2.25. The summed E-state index contributed by atoms with van der Waals surface area (Å²) in [5, 5.41) is 3.36. The zero-order valence-corrected chi connectivity index (χ0v) is 17.4. The maximum Gasteiger partial charge on any atom is 0.338 e. The van der Waals surface area contributed by atoms with Crippen LogP contribution in [0, 0.1) is 0 Å². The summed E-state index contributed by atoms with van der Waals surface area (Å²) in [6.45, 7) is 5.52. The fourth-order valence-corrected chi connectivity index (χ4v) is 3.67. The topological polar surface area (TPSA) is 47.6 Å². The summed E-state index contributed by atoms with van der Waals surface area (Å²) < 4.78 is 12.8. The Hall–Kier alpha value is -1.53. The van der Waals surface area contributed by atoms with Crippen LogP contribution in [0.3, 0.4) is 0 Å². The molecular formula is C19H21Br2NO3. The molecule has 2 aromatic rings. The van der Waals surface area contributed by atoms with Gasteiger partial charge in [0.25, 0.3) is 0 Å². The van der Waals surface area contributed by atoms with Crippen LogP contribution in [0.2, 0.25) is 0 Å². The van der Waals surface area contributed by atoms with Gasteiger partial charge in [0.05, 0.1) is 23.2 Å². The van der Waals surface area contributed by atoms with Crippen molar-refractivity contribution in [2.45, 2.75) is 26.8 Å². The maximum atomic E-state index is 11.7. The molecule has 0 amide bonds. The summed E-state index contributed by atoms with van der Waals surface area (Å²) in [5.74, 6) is 0.543. The summed E-state index contributed by atoms with van der Waals surface area (Å²) in [6, 6.07) is 11.3. The molecule has 1 N–H and O–H groups in total. The molecule has 0 aliphatic rings. The molecule has 0 fully saturated rings. The maximum absolute atomic E-state index is 11.7. The highest BCUT2D eigenvalue weighted by atomic mass is 79.9. The van der Waals surface area contributed by atoms with E-state index in [0.29, 0.717) is 25.3 Å². The second-order valence-corrected chi connectivity index (χ2v) is 7.15. The Balaban J connectivity index is 2.09. The van der Waals surface area contributed by atoms with E-state index in [1.54, 1.807) is 19.1 Å². The van der Waals surface area contributed by atoms with Gasteiger partial charge in [-0.2, -0.15) is 0 Å². The van der Waals surface area contributed by atoms with E-state index in [-0.39, 0.29) is 5.97 Å². The zero-order valence-electron chi connectivity index (χ0n) is 14.3. The minimum atomic E-state index is -0.305. The molecule has 0 heterocycles. The van der Waals surface area contributed by atoms with Crippen LogP contribution in [0.5, 0.6) is 5.75 Å². The SMILES string of the molecule is CCCOc1c(Br)cc(Br)cc1CNc1ccc(C(=O)OCC)cc1. The van der Waals surface area contributed by atoms with E-state index in [1.807, 2.05) is 24.3 Å². The number of esters is 1. The van der Waals surface area contributed by atoms with Crippen LogP contribution in [0.25, 0.3) is 0 Å². The van der Waals surface area contributed by atoms with Crippen LogP contribution < -0.4 is 10.1 Å². The highest BCUT2D eigenvalue weighted by Gasteiger charge is 2.11. The van der Waals surface area contributed by atoms with Gasteiger partial charge in [-0.25, -0.2) is 4.79 Å². The molecule has 0 bridgehead atoms. The van der Waals surface area contributed by atoms with Crippen LogP contribution in [0.15, 0.2) is 45.3 Å². The minimum Gasteiger partial charge on any atom is -0.492 e. The number of ether oxygens (including phenoxy) is 2. The van der Waals surface area contributed by atoms with Gasteiger partial charge in [-0.3, -0.25) is 0 Å². The summed E-state index contributed by atoms with van der Waals surface area (Å²) in [4.78, 5) is 11.7. The van der Waals surface area contributed by atoms with E-state index in [9.17, 15) is 4.79 Å². The Morgan fingerprint density at radius 1 is 1.12 bits per heavy atom. The van der Waals surface area contributed by atoms with Crippen LogP contribution in [0.1, 0.15) is 36.2 Å². The summed E-state index contributed by atoms with van der Waals surface area (Å²) in [5.41, 5.74) is 2.51. The molecule has 0 radical (unpaired) electrons. The predicted octanol–water partition coefficient (Wildman–Crippen LogP) is 5.79. The van der Waals surface area contributed by atoms with Crippen LogP contribution >= 0.6 is 31.9 Å². The lowest BCUT2D eigenvalue weighted by Gasteiger charge is -2.15.